The molecule has 0 spiro atoms. The maximum absolute atomic E-state index is 6.14. The summed E-state index contributed by atoms with van der Waals surface area (Å²) in [4.78, 5) is 2.31. The summed E-state index contributed by atoms with van der Waals surface area (Å²) in [5, 5.41) is 0. The van der Waals surface area contributed by atoms with E-state index in [4.69, 9.17) is 5.73 Å². The molecule has 0 aromatic carbocycles. The van der Waals surface area contributed by atoms with Crippen LogP contribution in [0.5, 0.6) is 0 Å². The van der Waals surface area contributed by atoms with Gasteiger partial charge in [-0.05, 0) is 24.5 Å². The van der Waals surface area contributed by atoms with Crippen LogP contribution in [0.25, 0.3) is 0 Å². The lowest BCUT2D eigenvalue weighted by Crippen LogP contribution is -2.33. The van der Waals surface area contributed by atoms with Gasteiger partial charge in [0, 0.05) is 19.1 Å². The van der Waals surface area contributed by atoms with Crippen molar-refractivity contribution in [3.05, 3.63) is 12.8 Å². The lowest BCUT2D eigenvalue weighted by molar-refractivity contribution is 0.302. The predicted molar refractivity (Wildman–Crippen MR) is 57.3 cm³/mol. The summed E-state index contributed by atoms with van der Waals surface area (Å²) in [6.45, 7) is 10.5. The van der Waals surface area contributed by atoms with Gasteiger partial charge >= 0.3 is 0 Å². The minimum atomic E-state index is 0.380. The van der Waals surface area contributed by atoms with Crippen LogP contribution in [0.15, 0.2) is 12.8 Å². The first-order valence-corrected chi connectivity index (χ1v) is 5.29. The highest BCUT2D eigenvalue weighted by Crippen LogP contribution is 2.21. The molecule has 3 atom stereocenters. The molecule has 1 saturated heterocycles. The van der Waals surface area contributed by atoms with Crippen molar-refractivity contribution in [2.45, 2.75) is 32.7 Å². The lowest BCUT2D eigenvalue weighted by Gasteiger charge is -2.24. The van der Waals surface area contributed by atoms with Crippen LogP contribution < -0.4 is 5.73 Å². The summed E-state index contributed by atoms with van der Waals surface area (Å²) in [6.07, 6.45) is 4.29. The first-order valence-electron chi connectivity index (χ1n) is 5.29. The van der Waals surface area contributed by atoms with Crippen LogP contribution in [0.3, 0.4) is 0 Å². The zero-order valence-corrected chi connectivity index (χ0v) is 8.87. The van der Waals surface area contributed by atoms with E-state index in [1.165, 1.54) is 6.42 Å². The zero-order chi connectivity index (χ0) is 9.84. The molecule has 0 radical (unpaired) electrons. The first-order chi connectivity index (χ1) is 6.17. The van der Waals surface area contributed by atoms with E-state index < -0.39 is 0 Å². The van der Waals surface area contributed by atoms with Crippen molar-refractivity contribution < 1.29 is 0 Å². The smallest absolute Gasteiger partial charge is 0.0215 e. The number of rotatable bonds is 2. The standard InChI is InChI=1S/C11H22N2/c1-4-10-8-13(5-2)7-9(3)6-11(10)12/h5,9-11H,2,4,6-8,12H2,1,3H3/t9?,10?,11-/m0/s1. The average molecular weight is 182 g/mol. The van der Waals surface area contributed by atoms with Crippen LogP contribution in [0.2, 0.25) is 0 Å². The van der Waals surface area contributed by atoms with Gasteiger partial charge in [0.25, 0.3) is 0 Å². The number of hydrogen-bond donors (Lipinski definition) is 1. The minimum Gasteiger partial charge on any atom is -0.377 e. The molecule has 0 aromatic rings. The molecule has 2 nitrogen and oxygen atoms in total. The molecule has 2 unspecified atom stereocenters. The molecule has 0 aliphatic carbocycles. The van der Waals surface area contributed by atoms with Crippen molar-refractivity contribution in [3.8, 4) is 0 Å². The summed E-state index contributed by atoms with van der Waals surface area (Å²) in [5.41, 5.74) is 6.14. The van der Waals surface area contributed by atoms with E-state index in [2.05, 4.69) is 25.3 Å². The van der Waals surface area contributed by atoms with Gasteiger partial charge in [-0.15, -0.1) is 0 Å². The van der Waals surface area contributed by atoms with Crippen molar-refractivity contribution in [1.82, 2.24) is 4.90 Å². The Morgan fingerprint density at radius 2 is 2.23 bits per heavy atom. The predicted octanol–water partition coefficient (Wildman–Crippen LogP) is 1.83. The second kappa shape index (κ2) is 4.66. The Labute approximate surface area is 81.8 Å². The Bertz CT molecular complexity index is 167. The van der Waals surface area contributed by atoms with Crippen LogP contribution in [0.1, 0.15) is 26.7 Å². The maximum atomic E-state index is 6.14. The van der Waals surface area contributed by atoms with Crippen LogP contribution in [-0.2, 0) is 0 Å². The second-order valence-electron chi connectivity index (χ2n) is 4.31. The Morgan fingerprint density at radius 1 is 1.54 bits per heavy atom. The van der Waals surface area contributed by atoms with Crippen molar-refractivity contribution in [2.75, 3.05) is 13.1 Å². The number of nitrogens with two attached hydrogens (primary N) is 1. The minimum absolute atomic E-state index is 0.380. The quantitative estimate of drug-likeness (QED) is 0.706. The number of likely N-dealkylation sites (tertiary alicyclic amines) is 1. The van der Waals surface area contributed by atoms with E-state index in [1.54, 1.807) is 0 Å². The van der Waals surface area contributed by atoms with Gasteiger partial charge in [0.05, 0.1) is 0 Å². The molecule has 1 rings (SSSR count). The summed E-state index contributed by atoms with van der Waals surface area (Å²) in [5.74, 6) is 1.34. The SMILES string of the molecule is C=CN1CC(C)C[C@H](N)C(CC)C1. The molecule has 76 valence electrons. The number of nitrogens with zero attached hydrogens (tertiary/aromatic N) is 1. The van der Waals surface area contributed by atoms with E-state index in [0.29, 0.717) is 17.9 Å². The highest BCUT2D eigenvalue weighted by atomic mass is 15.1. The molecule has 0 bridgehead atoms. The van der Waals surface area contributed by atoms with Gasteiger partial charge in [0.2, 0.25) is 0 Å². The van der Waals surface area contributed by atoms with Crippen molar-refractivity contribution in [3.63, 3.8) is 0 Å². The van der Waals surface area contributed by atoms with Crippen LogP contribution in [0.4, 0.5) is 0 Å². The van der Waals surface area contributed by atoms with Gasteiger partial charge in [-0.2, -0.15) is 0 Å². The monoisotopic (exact) mass is 182 g/mol. The molecule has 0 aromatic heterocycles. The van der Waals surface area contributed by atoms with Gasteiger partial charge in [-0.25, -0.2) is 0 Å². The van der Waals surface area contributed by atoms with E-state index in [0.717, 1.165) is 19.5 Å². The molecule has 2 heteroatoms. The van der Waals surface area contributed by atoms with Gasteiger partial charge < -0.3 is 10.6 Å². The van der Waals surface area contributed by atoms with Crippen LogP contribution >= 0.6 is 0 Å². The highest BCUT2D eigenvalue weighted by Gasteiger charge is 2.24. The summed E-state index contributed by atoms with van der Waals surface area (Å²) >= 11 is 0. The molecule has 0 amide bonds. The van der Waals surface area contributed by atoms with Crippen molar-refractivity contribution in [1.29, 1.82) is 0 Å². The van der Waals surface area contributed by atoms with Crippen LogP contribution in [-0.4, -0.2) is 24.0 Å². The Morgan fingerprint density at radius 3 is 2.77 bits per heavy atom. The number of hydrogen-bond acceptors (Lipinski definition) is 2. The summed E-state index contributed by atoms with van der Waals surface area (Å²) < 4.78 is 0. The second-order valence-corrected chi connectivity index (χ2v) is 4.31. The van der Waals surface area contributed by atoms with Crippen molar-refractivity contribution in [2.24, 2.45) is 17.6 Å². The highest BCUT2D eigenvalue weighted by molar-refractivity contribution is 4.86. The molecule has 1 fully saturated rings. The molecule has 2 N–H and O–H groups in total. The van der Waals surface area contributed by atoms with Crippen molar-refractivity contribution >= 4 is 0 Å². The molecular weight excluding hydrogens is 160 g/mol. The van der Waals surface area contributed by atoms with Gasteiger partial charge in [0.1, 0.15) is 0 Å². The molecule has 1 heterocycles. The van der Waals surface area contributed by atoms with E-state index in [1.807, 2.05) is 6.20 Å². The Hall–Kier alpha value is -0.500. The molecule has 13 heavy (non-hydrogen) atoms. The lowest BCUT2D eigenvalue weighted by atomic mass is 9.92. The first kappa shape index (κ1) is 10.6. The van der Waals surface area contributed by atoms with Crippen LogP contribution in [0, 0.1) is 11.8 Å². The molecule has 0 saturated carbocycles. The van der Waals surface area contributed by atoms with E-state index >= 15 is 0 Å². The third kappa shape index (κ3) is 2.73. The fraction of sp³-hybridized carbons (Fsp3) is 0.818. The molecule has 1 aliphatic rings. The maximum Gasteiger partial charge on any atom is 0.0215 e. The fourth-order valence-electron chi connectivity index (χ4n) is 2.22. The van der Waals surface area contributed by atoms with E-state index in [-0.39, 0.29) is 0 Å². The average Bonchev–Trinajstić information content (AvgIpc) is 2.23. The van der Waals surface area contributed by atoms with Gasteiger partial charge in [-0.3, -0.25) is 0 Å². The fourth-order valence-corrected chi connectivity index (χ4v) is 2.22. The van der Waals surface area contributed by atoms with E-state index in [9.17, 15) is 0 Å². The summed E-state index contributed by atoms with van der Waals surface area (Å²) in [6, 6.07) is 0.380. The Balaban J connectivity index is 2.62. The van der Waals surface area contributed by atoms with Gasteiger partial charge in [0.15, 0.2) is 0 Å². The third-order valence-corrected chi connectivity index (χ3v) is 3.08. The molecule has 1 aliphatic heterocycles. The normalized spacial score (nSPS) is 35.6. The summed E-state index contributed by atoms with van der Waals surface area (Å²) in [7, 11) is 0. The topological polar surface area (TPSA) is 29.3 Å². The zero-order valence-electron chi connectivity index (χ0n) is 8.87. The third-order valence-electron chi connectivity index (χ3n) is 3.08. The largest absolute Gasteiger partial charge is 0.377 e. The Kier molecular flexibility index (Phi) is 3.79. The molecular formula is C11H22N2. The van der Waals surface area contributed by atoms with Gasteiger partial charge in [-0.1, -0.05) is 26.8 Å².